The fourth-order valence-electron chi connectivity index (χ4n) is 8.94. The third-order valence-corrected chi connectivity index (χ3v) is 14.9. The lowest BCUT2D eigenvalue weighted by Gasteiger charge is -2.35. The van der Waals surface area contributed by atoms with Crippen molar-refractivity contribution in [2.24, 2.45) is 0 Å². The van der Waals surface area contributed by atoms with Gasteiger partial charge in [-0.2, -0.15) is 4.31 Å². The molecule has 7 rings (SSSR count). The fraction of sp³-hybridized carbons (Fsp3) is 0.439. The van der Waals surface area contributed by atoms with Gasteiger partial charge in [-0.3, -0.25) is 29.0 Å². The number of hydrogen-bond donors (Lipinski definition) is 1. The molecule has 0 spiro atoms. The van der Waals surface area contributed by atoms with E-state index in [1.807, 2.05) is 36.4 Å². The van der Waals surface area contributed by atoms with Gasteiger partial charge in [0.05, 0.1) is 75.4 Å². The Morgan fingerprint density at radius 3 is 1.94 bits per heavy atom. The van der Waals surface area contributed by atoms with Crippen LogP contribution in [0.5, 0.6) is 5.75 Å². The number of rotatable bonds is 25. The molecule has 77 heavy (non-hydrogen) atoms. The van der Waals surface area contributed by atoms with Gasteiger partial charge in [0.15, 0.2) is 5.43 Å². The number of esters is 1. The Kier molecular flexibility index (Phi) is 21.2. The number of aromatic nitrogens is 1. The Labute approximate surface area is 448 Å². The van der Waals surface area contributed by atoms with Crippen molar-refractivity contribution in [1.82, 2.24) is 24.4 Å². The van der Waals surface area contributed by atoms with E-state index >= 15 is 4.39 Å². The number of amides is 3. The average Bonchev–Trinajstić information content (AvgIpc) is 3.58. The summed E-state index contributed by atoms with van der Waals surface area (Å²) in [4.78, 5) is 71.1. The number of carbonyl (C=O) groups is 4. The van der Waals surface area contributed by atoms with Crippen LogP contribution in [0.25, 0.3) is 10.8 Å². The highest BCUT2D eigenvalue weighted by molar-refractivity contribution is 7.89. The second-order valence-electron chi connectivity index (χ2n) is 19.6. The van der Waals surface area contributed by atoms with Crippen LogP contribution in [0.2, 0.25) is 0 Å². The Morgan fingerprint density at radius 2 is 1.30 bits per heavy atom. The molecule has 2 fully saturated rings. The first kappa shape index (κ1) is 58.0. The topological polar surface area (TPSA) is 210 Å². The summed E-state index contributed by atoms with van der Waals surface area (Å²) in [6.07, 6.45) is 3.27. The number of piperidine rings is 1. The van der Waals surface area contributed by atoms with Gasteiger partial charge in [0.25, 0.3) is 11.8 Å². The minimum absolute atomic E-state index is 0.0480. The van der Waals surface area contributed by atoms with Gasteiger partial charge in [-0.15, -0.1) is 0 Å². The van der Waals surface area contributed by atoms with Crippen molar-refractivity contribution in [2.45, 2.75) is 62.9 Å². The molecular formula is C57H68FN5O13S. The molecule has 4 aromatic carbocycles. The second-order valence-corrected chi connectivity index (χ2v) is 21.5. The molecule has 5 aromatic rings. The van der Waals surface area contributed by atoms with E-state index in [2.05, 4.69) is 10.3 Å². The smallest absolute Gasteiger partial charge is 0.325 e. The van der Waals surface area contributed by atoms with Gasteiger partial charge >= 0.3 is 5.97 Å². The van der Waals surface area contributed by atoms with Crippen LogP contribution < -0.4 is 15.5 Å². The lowest BCUT2D eigenvalue weighted by molar-refractivity contribution is -0.153. The Balaban J connectivity index is 0.675. The van der Waals surface area contributed by atoms with Crippen molar-refractivity contribution in [3.05, 3.63) is 147 Å². The molecule has 0 aliphatic carbocycles. The molecule has 2 saturated heterocycles. The lowest BCUT2D eigenvalue weighted by atomic mass is 9.90. The van der Waals surface area contributed by atoms with Crippen LogP contribution in [-0.2, 0) is 49.7 Å². The maximum Gasteiger partial charge on any atom is 0.325 e. The molecule has 1 N–H and O–H groups in total. The van der Waals surface area contributed by atoms with Gasteiger partial charge in [-0.1, -0.05) is 42.5 Å². The summed E-state index contributed by atoms with van der Waals surface area (Å²) in [5.41, 5.74) is 1.80. The van der Waals surface area contributed by atoms with Gasteiger partial charge in [0, 0.05) is 74.3 Å². The second kappa shape index (κ2) is 28.1. The minimum atomic E-state index is -3.76. The van der Waals surface area contributed by atoms with Crippen molar-refractivity contribution in [2.75, 3.05) is 105 Å². The average molecular weight is 1080 g/mol. The van der Waals surface area contributed by atoms with Gasteiger partial charge in [0.1, 0.15) is 30.3 Å². The van der Waals surface area contributed by atoms with Crippen molar-refractivity contribution in [1.29, 1.82) is 0 Å². The number of sulfonamides is 1. The summed E-state index contributed by atoms with van der Waals surface area (Å²) in [6.45, 7) is 9.99. The number of carbonyl (C=O) groups excluding carboxylic acids is 4. The summed E-state index contributed by atoms with van der Waals surface area (Å²) < 4.78 is 76.7. The third-order valence-electron chi connectivity index (χ3n) is 13.0. The first-order valence-electron chi connectivity index (χ1n) is 25.9. The zero-order valence-electron chi connectivity index (χ0n) is 43.9. The summed E-state index contributed by atoms with van der Waals surface area (Å²) >= 11 is 0. The van der Waals surface area contributed by atoms with E-state index in [1.54, 1.807) is 48.8 Å². The summed E-state index contributed by atoms with van der Waals surface area (Å²) in [5, 5.41) is 3.73. The van der Waals surface area contributed by atoms with Crippen LogP contribution >= 0.6 is 0 Å². The number of benzene rings is 4. The third kappa shape index (κ3) is 17.2. The molecule has 0 bridgehead atoms. The highest BCUT2D eigenvalue weighted by Crippen LogP contribution is 2.32. The van der Waals surface area contributed by atoms with Crippen LogP contribution in [0.4, 0.5) is 4.39 Å². The molecule has 0 radical (unpaired) electrons. The number of halogens is 1. The number of ether oxygens (including phenoxy) is 6. The van der Waals surface area contributed by atoms with Crippen LogP contribution in [-0.4, -0.2) is 162 Å². The zero-order chi connectivity index (χ0) is 54.8. The number of nitrogens with one attached hydrogen (secondary N) is 1. The Morgan fingerprint density at radius 1 is 0.701 bits per heavy atom. The molecule has 20 heteroatoms. The summed E-state index contributed by atoms with van der Waals surface area (Å²) in [5.74, 6) is -1.33. The molecular weight excluding hydrogens is 1010 g/mol. The molecule has 2 aliphatic rings. The predicted molar refractivity (Wildman–Crippen MR) is 285 cm³/mol. The highest BCUT2D eigenvalue weighted by atomic mass is 32.2. The van der Waals surface area contributed by atoms with Gasteiger partial charge in [0.2, 0.25) is 15.9 Å². The van der Waals surface area contributed by atoms with Gasteiger partial charge in [-0.25, -0.2) is 12.8 Å². The van der Waals surface area contributed by atoms with Gasteiger partial charge in [-0.05, 0) is 99.2 Å². The van der Waals surface area contributed by atoms with E-state index in [0.29, 0.717) is 126 Å². The molecule has 0 unspecified atom stereocenters. The van der Waals surface area contributed by atoms with E-state index in [9.17, 15) is 32.4 Å². The predicted octanol–water partition coefficient (Wildman–Crippen LogP) is 5.78. The number of nitrogens with zero attached hydrogens (tertiary/aromatic N) is 4. The van der Waals surface area contributed by atoms with Crippen molar-refractivity contribution >= 4 is 44.5 Å². The Hall–Kier alpha value is -6.68. The summed E-state index contributed by atoms with van der Waals surface area (Å²) in [6, 6.07) is 26.5. The SMILES string of the molecule is CC(C)(C)OC(=O)CNC(=O)c1ccc(S(=O)(=O)N2CCC(c3ccc(OCCOCCOCCOCCOCCC(=O)N4CCN(C(=O)c5cc(Cc6nccc(=O)c7ccccc67)ccc5F)CC4)cc3)CC2)cc1. The van der Waals surface area contributed by atoms with Crippen molar-refractivity contribution in [3.8, 4) is 5.75 Å². The van der Waals surface area contributed by atoms with E-state index < -0.39 is 39.2 Å². The first-order valence-corrected chi connectivity index (χ1v) is 27.4. The maximum absolute atomic E-state index is 15.0. The van der Waals surface area contributed by atoms with Crippen LogP contribution in [0.3, 0.4) is 0 Å². The monoisotopic (exact) mass is 1080 g/mol. The molecule has 412 valence electrons. The van der Waals surface area contributed by atoms with Crippen LogP contribution in [0, 0.1) is 5.82 Å². The quantitative estimate of drug-likeness (QED) is 0.0543. The normalized spacial score (nSPS) is 14.6. The number of hydrogen-bond acceptors (Lipinski definition) is 14. The molecule has 18 nitrogen and oxygen atoms in total. The largest absolute Gasteiger partial charge is 0.491 e. The van der Waals surface area contributed by atoms with Crippen molar-refractivity contribution < 1.29 is 60.4 Å². The van der Waals surface area contributed by atoms with E-state index in [1.165, 1.54) is 53.0 Å². The fourth-order valence-corrected chi connectivity index (χ4v) is 10.4. The Bertz CT molecular complexity index is 2960. The van der Waals surface area contributed by atoms with Gasteiger partial charge < -0.3 is 43.5 Å². The van der Waals surface area contributed by atoms with E-state index in [4.69, 9.17) is 28.4 Å². The number of fused-ring (bicyclic) bond motifs is 1. The molecule has 2 aliphatic heterocycles. The highest BCUT2D eigenvalue weighted by Gasteiger charge is 2.31. The molecule has 1 aromatic heterocycles. The van der Waals surface area contributed by atoms with E-state index in [-0.39, 0.29) is 65.9 Å². The zero-order valence-corrected chi connectivity index (χ0v) is 44.7. The lowest BCUT2D eigenvalue weighted by Crippen LogP contribution is -2.50. The van der Waals surface area contributed by atoms with Crippen LogP contribution in [0.1, 0.15) is 83.5 Å². The standard InChI is InChI=1S/C57H68FN5O13S/c1-57(2,3)76-54(66)40-60-55(67)44-11-15-46(16-12-44)77(69,70)63-23-19-43(20-24-63)42-9-13-45(14-10-42)75-37-36-74-35-34-73-33-32-72-31-30-71-29-21-53(65)61-25-27-62(28-26-61)56(68)49-38-41(8-17-50(49)58)39-51-47-6-4-5-7-48(47)52(64)18-22-59-51/h4-18,22,38,43H,19-21,23-37,39-40H2,1-3H3,(H,60,67). The molecule has 3 amide bonds. The minimum Gasteiger partial charge on any atom is -0.491 e. The van der Waals surface area contributed by atoms with E-state index in [0.717, 1.165) is 5.56 Å². The van der Waals surface area contributed by atoms with Crippen molar-refractivity contribution in [3.63, 3.8) is 0 Å². The van der Waals surface area contributed by atoms with Crippen LogP contribution in [0.15, 0.2) is 113 Å². The molecule has 0 saturated carbocycles. The maximum atomic E-state index is 15.0. The molecule has 0 atom stereocenters. The summed E-state index contributed by atoms with van der Waals surface area (Å²) in [7, 11) is -3.76. The molecule has 3 heterocycles. The first-order chi connectivity index (χ1) is 37.1. The number of piperazine rings is 1.